The molecule has 0 aliphatic heterocycles. The minimum absolute atomic E-state index is 0.649. The Morgan fingerprint density at radius 3 is 2.36 bits per heavy atom. The van der Waals surface area contributed by atoms with E-state index in [1.165, 1.54) is 29.1 Å². The van der Waals surface area contributed by atoms with Gasteiger partial charge in [0.25, 0.3) is 0 Å². The average Bonchev–Trinajstić information content (AvgIpc) is 2.54. The summed E-state index contributed by atoms with van der Waals surface area (Å²) in [5.74, 6) is 1.46. The molecule has 1 nitrogen and oxygen atoms in total. The molecule has 2 heteroatoms. The third-order valence-corrected chi connectivity index (χ3v) is 4.03. The first kappa shape index (κ1) is 11.7. The van der Waals surface area contributed by atoms with E-state index in [1.807, 2.05) is 25.2 Å². The first-order valence-electron chi connectivity index (χ1n) is 5.73. The minimum atomic E-state index is 0.649. The van der Waals surface area contributed by atoms with Crippen molar-refractivity contribution in [2.75, 3.05) is 0 Å². The van der Waals surface area contributed by atoms with Gasteiger partial charge in [0.1, 0.15) is 0 Å². The van der Waals surface area contributed by atoms with E-state index in [0.717, 1.165) is 5.92 Å². The monoisotopic (exact) mass is 211 g/mol. The van der Waals surface area contributed by atoms with E-state index >= 15 is 0 Å². The fourth-order valence-corrected chi connectivity index (χ4v) is 2.50. The first-order valence-corrected chi connectivity index (χ1v) is 6.54. The van der Waals surface area contributed by atoms with E-state index in [1.54, 1.807) is 0 Å². The highest BCUT2D eigenvalue weighted by Crippen LogP contribution is 2.39. The summed E-state index contributed by atoms with van der Waals surface area (Å²) in [7, 11) is 0. The maximum Gasteiger partial charge on any atom is 0.0958 e. The highest BCUT2D eigenvalue weighted by atomic mass is 32.1. The van der Waals surface area contributed by atoms with Crippen molar-refractivity contribution < 1.29 is 0 Å². The van der Waals surface area contributed by atoms with Crippen LogP contribution in [0.3, 0.4) is 0 Å². The maximum absolute atomic E-state index is 4.48. The van der Waals surface area contributed by atoms with Gasteiger partial charge in [0.15, 0.2) is 0 Å². The summed E-state index contributed by atoms with van der Waals surface area (Å²) >= 11 is 1.91. The topological polar surface area (TPSA) is 12.9 Å². The smallest absolute Gasteiger partial charge is 0.0958 e. The zero-order valence-corrected chi connectivity index (χ0v) is 10.5. The molecule has 0 saturated heterocycles. The van der Waals surface area contributed by atoms with Crippen LogP contribution in [0.2, 0.25) is 0 Å². The highest BCUT2D eigenvalue weighted by Gasteiger charge is 2.22. The Hall–Kier alpha value is -0.370. The molecule has 1 aliphatic rings. The Labute approximate surface area is 91.6 Å². The molecule has 0 radical (unpaired) electrons. The second-order valence-corrected chi connectivity index (χ2v) is 4.98. The van der Waals surface area contributed by atoms with E-state index in [0.29, 0.717) is 5.92 Å². The van der Waals surface area contributed by atoms with Crippen molar-refractivity contribution in [1.29, 1.82) is 0 Å². The molecule has 0 amide bonds. The Kier molecular flexibility index (Phi) is 4.59. The Morgan fingerprint density at radius 1 is 1.36 bits per heavy atom. The second kappa shape index (κ2) is 5.50. The van der Waals surface area contributed by atoms with Crippen molar-refractivity contribution in [3.8, 4) is 0 Å². The van der Waals surface area contributed by atoms with Crippen molar-refractivity contribution in [2.45, 2.75) is 58.8 Å². The van der Waals surface area contributed by atoms with Crippen LogP contribution in [0.4, 0.5) is 0 Å². The molecule has 0 spiro atoms. The summed E-state index contributed by atoms with van der Waals surface area (Å²) in [6.45, 7) is 8.47. The molecule has 1 aromatic heterocycles. The van der Waals surface area contributed by atoms with Crippen molar-refractivity contribution in [2.24, 2.45) is 0 Å². The fourth-order valence-electron chi connectivity index (χ4n) is 1.41. The molecular formula is C12H21NS. The van der Waals surface area contributed by atoms with Gasteiger partial charge < -0.3 is 0 Å². The molecule has 1 fully saturated rings. The van der Waals surface area contributed by atoms with Gasteiger partial charge in [-0.3, -0.25) is 0 Å². The molecule has 80 valence electrons. The number of thiazole rings is 1. The number of rotatable bonds is 2. The largest absolute Gasteiger partial charge is 0.249 e. The van der Waals surface area contributed by atoms with E-state index in [9.17, 15) is 0 Å². The Bertz CT molecular complexity index is 261. The fraction of sp³-hybridized carbons (Fsp3) is 0.750. The quantitative estimate of drug-likeness (QED) is 0.699. The second-order valence-electron chi connectivity index (χ2n) is 3.88. The van der Waals surface area contributed by atoms with Crippen LogP contribution in [0.5, 0.6) is 0 Å². The summed E-state index contributed by atoms with van der Waals surface area (Å²) < 4.78 is 0. The van der Waals surface area contributed by atoms with Gasteiger partial charge in [-0.1, -0.05) is 34.1 Å². The molecule has 0 atom stereocenters. The lowest BCUT2D eigenvalue weighted by Crippen LogP contribution is -2.07. The van der Waals surface area contributed by atoms with Crippen molar-refractivity contribution in [3.63, 3.8) is 0 Å². The molecule has 2 rings (SSSR count). The van der Waals surface area contributed by atoms with Gasteiger partial charge >= 0.3 is 0 Å². The normalized spacial score (nSPS) is 16.1. The molecule has 0 aromatic carbocycles. The predicted molar refractivity (Wildman–Crippen MR) is 64.1 cm³/mol. The average molecular weight is 211 g/mol. The summed E-state index contributed by atoms with van der Waals surface area (Å²) in [6, 6.07) is 0. The van der Waals surface area contributed by atoms with Crippen LogP contribution >= 0.6 is 11.3 Å². The number of aromatic nitrogens is 1. The molecular weight excluding hydrogens is 190 g/mol. The van der Waals surface area contributed by atoms with Gasteiger partial charge in [-0.15, -0.1) is 11.3 Å². The number of hydrogen-bond donors (Lipinski definition) is 0. The van der Waals surface area contributed by atoms with E-state index in [2.05, 4.69) is 25.0 Å². The van der Waals surface area contributed by atoms with E-state index in [4.69, 9.17) is 0 Å². The zero-order chi connectivity index (χ0) is 10.6. The molecule has 1 aliphatic carbocycles. The van der Waals surface area contributed by atoms with Crippen molar-refractivity contribution in [1.82, 2.24) is 4.98 Å². The third kappa shape index (κ3) is 2.57. The van der Waals surface area contributed by atoms with Crippen molar-refractivity contribution in [3.05, 3.63) is 16.1 Å². The predicted octanol–water partition coefficient (Wildman–Crippen LogP) is 4.56. The SMILES string of the molecule is CC.CC(C)c1cnc(C2CCC2)s1. The molecule has 1 heterocycles. The van der Waals surface area contributed by atoms with Crippen LogP contribution in [-0.4, -0.2) is 4.98 Å². The Morgan fingerprint density at radius 2 is 2.00 bits per heavy atom. The lowest BCUT2D eigenvalue weighted by molar-refractivity contribution is 0.418. The molecule has 0 N–H and O–H groups in total. The third-order valence-electron chi connectivity index (χ3n) is 2.56. The maximum atomic E-state index is 4.48. The van der Waals surface area contributed by atoms with Crippen LogP contribution in [0, 0.1) is 0 Å². The van der Waals surface area contributed by atoms with E-state index < -0.39 is 0 Å². The summed E-state index contributed by atoms with van der Waals surface area (Å²) in [5, 5.41) is 1.38. The van der Waals surface area contributed by atoms with Gasteiger partial charge in [0.05, 0.1) is 5.01 Å². The van der Waals surface area contributed by atoms with Gasteiger partial charge in [-0.2, -0.15) is 0 Å². The number of nitrogens with zero attached hydrogens (tertiary/aromatic N) is 1. The minimum Gasteiger partial charge on any atom is -0.249 e. The summed E-state index contributed by atoms with van der Waals surface area (Å²) in [4.78, 5) is 5.92. The van der Waals surface area contributed by atoms with Gasteiger partial charge in [0, 0.05) is 17.0 Å². The first-order chi connectivity index (χ1) is 6.77. The van der Waals surface area contributed by atoms with E-state index in [-0.39, 0.29) is 0 Å². The number of hydrogen-bond acceptors (Lipinski definition) is 2. The van der Waals surface area contributed by atoms with Crippen LogP contribution in [0.15, 0.2) is 6.20 Å². The summed E-state index contributed by atoms with van der Waals surface area (Å²) in [5.41, 5.74) is 0. The van der Waals surface area contributed by atoms with Crippen LogP contribution in [0.25, 0.3) is 0 Å². The van der Waals surface area contributed by atoms with Crippen molar-refractivity contribution >= 4 is 11.3 Å². The van der Waals surface area contributed by atoms with Gasteiger partial charge in [-0.05, 0) is 18.8 Å². The van der Waals surface area contributed by atoms with Crippen LogP contribution in [-0.2, 0) is 0 Å². The molecule has 1 saturated carbocycles. The standard InChI is InChI=1S/C10H15NS.C2H6/c1-7(2)9-6-11-10(12-9)8-4-3-5-8;1-2/h6-8H,3-5H2,1-2H3;1-2H3. The Balaban J connectivity index is 0.000000461. The molecule has 0 unspecified atom stereocenters. The molecule has 1 aromatic rings. The van der Waals surface area contributed by atoms with Gasteiger partial charge in [0.2, 0.25) is 0 Å². The highest BCUT2D eigenvalue weighted by molar-refractivity contribution is 7.11. The molecule has 0 bridgehead atoms. The molecule has 14 heavy (non-hydrogen) atoms. The zero-order valence-electron chi connectivity index (χ0n) is 9.71. The van der Waals surface area contributed by atoms with Gasteiger partial charge in [-0.25, -0.2) is 4.98 Å². The summed E-state index contributed by atoms with van der Waals surface area (Å²) in [6.07, 6.45) is 6.19. The van der Waals surface area contributed by atoms with Crippen LogP contribution in [0.1, 0.15) is 68.7 Å². The lowest BCUT2D eigenvalue weighted by atomic mass is 9.86. The van der Waals surface area contributed by atoms with Crippen LogP contribution < -0.4 is 0 Å². The lowest BCUT2D eigenvalue weighted by Gasteiger charge is -2.22.